The van der Waals surface area contributed by atoms with Crippen molar-refractivity contribution >= 4 is 10.8 Å². The Labute approximate surface area is 123 Å². The van der Waals surface area contributed by atoms with Crippen molar-refractivity contribution in [2.75, 3.05) is 12.3 Å². The Bertz CT molecular complexity index is 568. The maximum Gasteiger partial charge on any atom is 0.0548 e. The van der Waals surface area contributed by atoms with Crippen molar-refractivity contribution in [1.29, 1.82) is 0 Å². The first-order chi connectivity index (χ1) is 9.72. The van der Waals surface area contributed by atoms with Crippen LogP contribution in [0.2, 0.25) is 0 Å². The maximum atomic E-state index is 12.5. The number of benzene rings is 2. The lowest BCUT2D eigenvalue weighted by molar-refractivity contribution is 0.592. The molecule has 0 spiro atoms. The molecule has 106 valence electrons. The minimum atomic E-state index is -0.986. The number of hydrogen-bond donors (Lipinski definition) is 1. The van der Waals surface area contributed by atoms with Crippen LogP contribution in [0.1, 0.15) is 24.1 Å². The second kappa shape index (κ2) is 7.36. The van der Waals surface area contributed by atoms with Crippen LogP contribution in [0.25, 0.3) is 0 Å². The van der Waals surface area contributed by atoms with Gasteiger partial charge in [-0.3, -0.25) is 4.21 Å². The third-order valence-electron chi connectivity index (χ3n) is 3.34. The molecule has 2 unspecified atom stereocenters. The van der Waals surface area contributed by atoms with Crippen LogP contribution in [0.5, 0.6) is 0 Å². The quantitative estimate of drug-likeness (QED) is 0.881. The number of rotatable bonds is 6. The van der Waals surface area contributed by atoms with E-state index in [4.69, 9.17) is 0 Å². The molecule has 0 bridgehead atoms. The molecule has 2 aromatic rings. The van der Waals surface area contributed by atoms with E-state index in [1.165, 1.54) is 11.1 Å². The van der Waals surface area contributed by atoms with Crippen LogP contribution >= 0.6 is 0 Å². The first-order valence-corrected chi connectivity index (χ1v) is 8.26. The van der Waals surface area contributed by atoms with Crippen molar-refractivity contribution in [3.63, 3.8) is 0 Å². The normalized spacial score (nSPS) is 13.9. The van der Waals surface area contributed by atoms with E-state index in [1.54, 1.807) is 0 Å². The molecule has 0 aromatic heterocycles. The molecular formula is C17H21NOS. The standard InChI is InChI=1S/C17H21NOS/c1-3-18-17(16-12-8-7-9-14(16)2)13-20(19)15-10-5-4-6-11-15/h4-12,17-18H,3,13H2,1-2H3. The predicted octanol–water partition coefficient (Wildman–Crippen LogP) is 3.45. The molecule has 2 aromatic carbocycles. The largest absolute Gasteiger partial charge is 0.309 e. The first-order valence-electron chi connectivity index (χ1n) is 6.94. The Balaban J connectivity index is 2.18. The summed E-state index contributed by atoms with van der Waals surface area (Å²) in [6, 6.07) is 18.1. The van der Waals surface area contributed by atoms with Crippen molar-refractivity contribution in [3.05, 3.63) is 65.7 Å². The fourth-order valence-corrected chi connectivity index (χ4v) is 3.56. The van der Waals surface area contributed by atoms with Crippen molar-refractivity contribution in [1.82, 2.24) is 5.32 Å². The molecule has 0 fully saturated rings. The van der Waals surface area contributed by atoms with Crippen molar-refractivity contribution < 1.29 is 4.21 Å². The molecule has 2 nitrogen and oxygen atoms in total. The lowest BCUT2D eigenvalue weighted by Crippen LogP contribution is -2.26. The van der Waals surface area contributed by atoms with Gasteiger partial charge in [0.2, 0.25) is 0 Å². The molecule has 1 N–H and O–H groups in total. The van der Waals surface area contributed by atoms with Gasteiger partial charge in [-0.05, 0) is 36.7 Å². The summed E-state index contributed by atoms with van der Waals surface area (Å²) >= 11 is 0. The fourth-order valence-electron chi connectivity index (χ4n) is 2.30. The highest BCUT2D eigenvalue weighted by atomic mass is 32.2. The smallest absolute Gasteiger partial charge is 0.0548 e. The zero-order valence-corrected chi connectivity index (χ0v) is 12.8. The molecule has 3 heteroatoms. The summed E-state index contributed by atoms with van der Waals surface area (Å²) in [5.41, 5.74) is 2.47. The van der Waals surface area contributed by atoms with Crippen molar-refractivity contribution in [2.24, 2.45) is 0 Å². The molecule has 0 amide bonds. The highest BCUT2D eigenvalue weighted by Crippen LogP contribution is 2.20. The molecule has 2 atom stereocenters. The van der Waals surface area contributed by atoms with Gasteiger partial charge in [0.1, 0.15) is 0 Å². The Kier molecular flexibility index (Phi) is 5.50. The Morgan fingerprint density at radius 2 is 1.70 bits per heavy atom. The second-order valence-corrected chi connectivity index (χ2v) is 6.29. The summed E-state index contributed by atoms with van der Waals surface area (Å²) in [7, 11) is -0.986. The summed E-state index contributed by atoms with van der Waals surface area (Å²) in [5.74, 6) is 0.600. The predicted molar refractivity (Wildman–Crippen MR) is 85.3 cm³/mol. The molecule has 0 saturated heterocycles. The molecule has 0 saturated carbocycles. The molecule has 0 aliphatic rings. The Hall–Kier alpha value is -1.45. The summed E-state index contributed by atoms with van der Waals surface area (Å²) in [6.07, 6.45) is 0. The molecule has 0 aliphatic heterocycles. The Morgan fingerprint density at radius 3 is 2.35 bits per heavy atom. The average molecular weight is 287 g/mol. The number of nitrogens with one attached hydrogen (secondary N) is 1. The summed E-state index contributed by atoms with van der Waals surface area (Å²) < 4.78 is 12.5. The van der Waals surface area contributed by atoms with E-state index in [0.29, 0.717) is 5.75 Å². The van der Waals surface area contributed by atoms with E-state index in [2.05, 4.69) is 31.3 Å². The fraction of sp³-hybridized carbons (Fsp3) is 0.294. The zero-order valence-electron chi connectivity index (χ0n) is 12.0. The third-order valence-corrected chi connectivity index (χ3v) is 4.77. The molecule has 0 aliphatic carbocycles. The summed E-state index contributed by atoms with van der Waals surface area (Å²) in [5, 5.41) is 3.45. The average Bonchev–Trinajstić information content (AvgIpc) is 2.48. The van der Waals surface area contributed by atoms with E-state index >= 15 is 0 Å². The van der Waals surface area contributed by atoms with Gasteiger partial charge in [-0.15, -0.1) is 0 Å². The van der Waals surface area contributed by atoms with Gasteiger partial charge >= 0.3 is 0 Å². The third kappa shape index (κ3) is 3.78. The van der Waals surface area contributed by atoms with Crippen LogP contribution in [-0.4, -0.2) is 16.5 Å². The van der Waals surface area contributed by atoms with Gasteiger partial charge in [-0.2, -0.15) is 0 Å². The second-order valence-electron chi connectivity index (χ2n) is 4.79. The molecule has 0 heterocycles. The van der Waals surface area contributed by atoms with Gasteiger partial charge in [-0.1, -0.05) is 49.4 Å². The topological polar surface area (TPSA) is 29.1 Å². The van der Waals surface area contributed by atoms with Gasteiger partial charge in [0.15, 0.2) is 0 Å². The minimum Gasteiger partial charge on any atom is -0.309 e. The van der Waals surface area contributed by atoms with Gasteiger partial charge in [0.25, 0.3) is 0 Å². The highest BCUT2D eigenvalue weighted by Gasteiger charge is 2.16. The van der Waals surface area contributed by atoms with Crippen LogP contribution in [0.4, 0.5) is 0 Å². The molecule has 20 heavy (non-hydrogen) atoms. The number of hydrogen-bond acceptors (Lipinski definition) is 2. The van der Waals surface area contributed by atoms with Crippen LogP contribution < -0.4 is 5.32 Å². The van der Waals surface area contributed by atoms with Crippen molar-refractivity contribution in [2.45, 2.75) is 24.8 Å². The SMILES string of the molecule is CCNC(CS(=O)c1ccccc1)c1ccccc1C. The lowest BCUT2D eigenvalue weighted by atomic mass is 10.0. The van der Waals surface area contributed by atoms with Crippen LogP contribution in [-0.2, 0) is 10.8 Å². The monoisotopic (exact) mass is 287 g/mol. The Morgan fingerprint density at radius 1 is 1.05 bits per heavy atom. The number of aryl methyl sites for hydroxylation is 1. The minimum absolute atomic E-state index is 0.127. The van der Waals surface area contributed by atoms with Gasteiger partial charge < -0.3 is 5.32 Å². The van der Waals surface area contributed by atoms with E-state index in [-0.39, 0.29) is 6.04 Å². The molecule has 0 radical (unpaired) electrons. The van der Waals surface area contributed by atoms with E-state index in [9.17, 15) is 4.21 Å². The van der Waals surface area contributed by atoms with Crippen LogP contribution in [0, 0.1) is 6.92 Å². The van der Waals surface area contributed by atoms with Crippen LogP contribution in [0.3, 0.4) is 0 Å². The first kappa shape index (κ1) is 14.9. The van der Waals surface area contributed by atoms with Gasteiger partial charge in [0, 0.05) is 16.7 Å². The zero-order chi connectivity index (χ0) is 14.4. The van der Waals surface area contributed by atoms with E-state index < -0.39 is 10.8 Å². The van der Waals surface area contributed by atoms with E-state index in [1.807, 2.05) is 42.5 Å². The van der Waals surface area contributed by atoms with Gasteiger partial charge in [0.05, 0.1) is 10.8 Å². The van der Waals surface area contributed by atoms with Crippen molar-refractivity contribution in [3.8, 4) is 0 Å². The van der Waals surface area contributed by atoms with Crippen LogP contribution in [0.15, 0.2) is 59.5 Å². The molecule has 2 rings (SSSR count). The maximum absolute atomic E-state index is 12.5. The summed E-state index contributed by atoms with van der Waals surface area (Å²) in [4.78, 5) is 0.893. The lowest BCUT2D eigenvalue weighted by Gasteiger charge is -2.20. The highest BCUT2D eigenvalue weighted by molar-refractivity contribution is 7.85. The van der Waals surface area contributed by atoms with E-state index in [0.717, 1.165) is 11.4 Å². The van der Waals surface area contributed by atoms with Gasteiger partial charge in [-0.25, -0.2) is 0 Å². The summed E-state index contributed by atoms with van der Waals surface area (Å²) in [6.45, 7) is 5.05. The molecular weight excluding hydrogens is 266 g/mol.